The van der Waals surface area contributed by atoms with E-state index in [2.05, 4.69) is 33.8 Å². The highest BCUT2D eigenvalue weighted by Gasteiger charge is 2.38. The standard InChI is InChI=1S/C19H34O3P/c1-6-7-8-9-10-11-14-23(20,21)22-18-13-12-16(2)15-17(18)19(3,4)5/h12-13,15,20-21H,6-11,14H2,1-5H3/q+1. The quantitative estimate of drug-likeness (QED) is 0.442. The Labute approximate surface area is 142 Å². The average molecular weight is 341 g/mol. The maximum absolute atomic E-state index is 10.3. The van der Waals surface area contributed by atoms with Crippen molar-refractivity contribution in [1.29, 1.82) is 0 Å². The zero-order valence-corrected chi connectivity index (χ0v) is 16.3. The minimum Gasteiger partial charge on any atom is -0.287 e. The molecule has 0 fully saturated rings. The van der Waals surface area contributed by atoms with Crippen molar-refractivity contribution in [3.05, 3.63) is 29.3 Å². The van der Waals surface area contributed by atoms with E-state index in [4.69, 9.17) is 4.52 Å². The maximum Gasteiger partial charge on any atom is 0.451 e. The van der Waals surface area contributed by atoms with Crippen molar-refractivity contribution < 1.29 is 14.3 Å². The Bertz CT molecular complexity index is 478. The lowest BCUT2D eigenvalue weighted by Gasteiger charge is -2.23. The second kappa shape index (κ2) is 9.01. The van der Waals surface area contributed by atoms with Crippen molar-refractivity contribution in [2.24, 2.45) is 0 Å². The van der Waals surface area contributed by atoms with Crippen LogP contribution >= 0.6 is 7.94 Å². The molecule has 0 bridgehead atoms. The molecule has 0 aliphatic carbocycles. The summed E-state index contributed by atoms with van der Waals surface area (Å²) in [7, 11) is -3.33. The topological polar surface area (TPSA) is 49.7 Å². The lowest BCUT2D eigenvalue weighted by molar-refractivity contribution is 0.332. The third-order valence-corrected chi connectivity index (χ3v) is 5.38. The number of hydrogen-bond donors (Lipinski definition) is 2. The first kappa shape index (κ1) is 20.4. The van der Waals surface area contributed by atoms with E-state index in [1.807, 2.05) is 19.1 Å². The summed E-state index contributed by atoms with van der Waals surface area (Å²) in [6.45, 7) is 10.6. The largest absolute Gasteiger partial charge is 0.451 e. The van der Waals surface area contributed by atoms with Crippen LogP contribution in [0.1, 0.15) is 77.3 Å². The highest BCUT2D eigenvalue weighted by Crippen LogP contribution is 2.53. The first-order valence-electron chi connectivity index (χ1n) is 8.80. The summed E-state index contributed by atoms with van der Waals surface area (Å²) < 4.78 is 5.66. The number of benzene rings is 1. The first-order valence-corrected chi connectivity index (χ1v) is 10.6. The van der Waals surface area contributed by atoms with Crippen molar-refractivity contribution in [1.82, 2.24) is 0 Å². The summed E-state index contributed by atoms with van der Waals surface area (Å²) in [5.41, 5.74) is 2.08. The molecule has 0 saturated carbocycles. The summed E-state index contributed by atoms with van der Waals surface area (Å²) in [4.78, 5) is 20.5. The Morgan fingerprint density at radius 2 is 1.61 bits per heavy atom. The predicted molar refractivity (Wildman–Crippen MR) is 100 cm³/mol. The predicted octanol–water partition coefficient (Wildman–Crippen LogP) is 5.78. The van der Waals surface area contributed by atoms with E-state index in [0.717, 1.165) is 30.4 Å². The summed E-state index contributed by atoms with van der Waals surface area (Å²) in [5, 5.41) is 0. The summed E-state index contributed by atoms with van der Waals surface area (Å²) >= 11 is 0. The van der Waals surface area contributed by atoms with Crippen LogP contribution in [0.25, 0.3) is 0 Å². The molecule has 1 rings (SSSR count). The third-order valence-electron chi connectivity index (χ3n) is 3.99. The Kier molecular flexibility index (Phi) is 8.00. The molecule has 0 aliphatic heterocycles. The van der Waals surface area contributed by atoms with Crippen LogP contribution in [0.15, 0.2) is 18.2 Å². The fourth-order valence-electron chi connectivity index (χ4n) is 2.61. The molecule has 0 atom stereocenters. The average Bonchev–Trinajstić information content (AvgIpc) is 2.43. The van der Waals surface area contributed by atoms with E-state index in [9.17, 15) is 9.79 Å². The van der Waals surface area contributed by atoms with Gasteiger partial charge in [0, 0.05) is 5.56 Å². The molecule has 23 heavy (non-hydrogen) atoms. The fourth-order valence-corrected chi connectivity index (χ4v) is 3.81. The Hall–Kier alpha value is -0.630. The molecule has 132 valence electrons. The van der Waals surface area contributed by atoms with Crippen LogP contribution in [-0.4, -0.2) is 15.9 Å². The van der Waals surface area contributed by atoms with Crippen LogP contribution in [0, 0.1) is 6.92 Å². The van der Waals surface area contributed by atoms with Crippen LogP contribution in [0.4, 0.5) is 0 Å². The maximum atomic E-state index is 10.3. The number of aryl methyl sites for hydroxylation is 1. The van der Waals surface area contributed by atoms with E-state index in [1.54, 1.807) is 0 Å². The highest BCUT2D eigenvalue weighted by molar-refractivity contribution is 7.60. The van der Waals surface area contributed by atoms with Crippen molar-refractivity contribution in [3.63, 3.8) is 0 Å². The van der Waals surface area contributed by atoms with Crippen molar-refractivity contribution >= 4 is 7.94 Å². The van der Waals surface area contributed by atoms with Gasteiger partial charge in [0.25, 0.3) is 0 Å². The molecular formula is C19H34O3P+. The van der Waals surface area contributed by atoms with Gasteiger partial charge in [-0.1, -0.05) is 71.1 Å². The van der Waals surface area contributed by atoms with Crippen LogP contribution in [0.2, 0.25) is 0 Å². The van der Waals surface area contributed by atoms with Gasteiger partial charge < -0.3 is 0 Å². The number of hydrogen-bond acceptors (Lipinski definition) is 3. The summed E-state index contributed by atoms with van der Waals surface area (Å²) in [6.07, 6.45) is 7.05. The minimum absolute atomic E-state index is 0.0957. The number of rotatable bonds is 9. The van der Waals surface area contributed by atoms with E-state index < -0.39 is 7.94 Å². The van der Waals surface area contributed by atoms with Gasteiger partial charge in [-0.05, 0) is 31.2 Å². The molecule has 0 spiro atoms. The van der Waals surface area contributed by atoms with Crippen molar-refractivity contribution in [2.75, 3.05) is 6.16 Å². The van der Waals surface area contributed by atoms with Crippen molar-refractivity contribution in [2.45, 2.75) is 78.6 Å². The summed E-state index contributed by atoms with van der Waals surface area (Å²) in [5.74, 6) is 0.604. The minimum atomic E-state index is -3.33. The third kappa shape index (κ3) is 7.65. The van der Waals surface area contributed by atoms with Gasteiger partial charge in [0.1, 0.15) is 6.16 Å². The van der Waals surface area contributed by atoms with Crippen molar-refractivity contribution in [3.8, 4) is 5.75 Å². The molecule has 1 aromatic rings. The molecule has 0 saturated heterocycles. The zero-order valence-electron chi connectivity index (χ0n) is 15.4. The van der Waals surface area contributed by atoms with Gasteiger partial charge in [0.15, 0.2) is 5.75 Å². The Balaban J connectivity index is 2.63. The molecule has 0 aliphatic rings. The van der Waals surface area contributed by atoms with E-state index in [0.29, 0.717) is 11.9 Å². The Morgan fingerprint density at radius 3 is 2.22 bits per heavy atom. The van der Waals surface area contributed by atoms with Gasteiger partial charge in [-0.2, -0.15) is 9.79 Å². The molecular weight excluding hydrogens is 307 g/mol. The van der Waals surface area contributed by atoms with Gasteiger partial charge in [-0.15, -0.1) is 0 Å². The molecule has 0 radical (unpaired) electrons. The van der Waals surface area contributed by atoms with E-state index in [-0.39, 0.29) is 5.41 Å². The zero-order chi connectivity index (χ0) is 17.5. The van der Waals surface area contributed by atoms with Gasteiger partial charge in [0.05, 0.1) is 0 Å². The lowest BCUT2D eigenvalue weighted by Crippen LogP contribution is -2.15. The SMILES string of the molecule is CCCCCCCC[P+](O)(O)Oc1ccc(C)cc1C(C)(C)C. The monoisotopic (exact) mass is 341 g/mol. The summed E-state index contributed by atoms with van der Waals surface area (Å²) in [6, 6.07) is 5.88. The molecule has 1 aromatic carbocycles. The molecule has 0 heterocycles. The molecule has 2 N–H and O–H groups in total. The van der Waals surface area contributed by atoms with Gasteiger partial charge in [-0.25, -0.2) is 0 Å². The van der Waals surface area contributed by atoms with Crippen LogP contribution in [-0.2, 0) is 5.41 Å². The molecule has 0 aromatic heterocycles. The van der Waals surface area contributed by atoms with Crippen LogP contribution in [0.5, 0.6) is 5.75 Å². The smallest absolute Gasteiger partial charge is 0.287 e. The lowest BCUT2D eigenvalue weighted by atomic mass is 9.85. The Morgan fingerprint density at radius 1 is 1.00 bits per heavy atom. The second-order valence-corrected chi connectivity index (χ2v) is 9.46. The van der Waals surface area contributed by atoms with Gasteiger partial charge >= 0.3 is 7.94 Å². The normalized spacial score (nSPS) is 12.5. The van der Waals surface area contributed by atoms with Gasteiger partial charge in [0.2, 0.25) is 0 Å². The van der Waals surface area contributed by atoms with E-state index in [1.165, 1.54) is 19.3 Å². The number of unbranched alkanes of at least 4 members (excludes halogenated alkanes) is 5. The molecule has 0 amide bonds. The molecule has 3 nitrogen and oxygen atoms in total. The first-order chi connectivity index (χ1) is 10.7. The second-order valence-electron chi connectivity index (χ2n) is 7.50. The van der Waals surface area contributed by atoms with E-state index >= 15 is 0 Å². The van der Waals surface area contributed by atoms with Crippen LogP contribution in [0.3, 0.4) is 0 Å². The molecule has 0 unspecified atom stereocenters. The van der Waals surface area contributed by atoms with Gasteiger partial charge in [-0.3, -0.25) is 4.52 Å². The van der Waals surface area contributed by atoms with Crippen LogP contribution < -0.4 is 4.52 Å². The highest BCUT2D eigenvalue weighted by atomic mass is 31.2. The fraction of sp³-hybridized carbons (Fsp3) is 0.684. The molecule has 4 heteroatoms.